The van der Waals surface area contributed by atoms with Gasteiger partial charge in [0.25, 0.3) is 0 Å². The lowest BCUT2D eigenvalue weighted by Crippen LogP contribution is -3.00. The van der Waals surface area contributed by atoms with Crippen LogP contribution in [0.25, 0.3) is 0 Å². The summed E-state index contributed by atoms with van der Waals surface area (Å²) in [6.45, 7) is 4.46. The second-order valence-electron chi connectivity index (χ2n) is 11.2. The maximum Gasteiger partial charge on any atom is 0.101 e. The van der Waals surface area contributed by atoms with E-state index < -0.39 is 7.32 Å². The van der Waals surface area contributed by atoms with Crippen molar-refractivity contribution in [2.24, 2.45) is 0 Å². The predicted molar refractivity (Wildman–Crippen MR) is 126 cm³/mol. The van der Waals surface area contributed by atoms with Gasteiger partial charge in [-0.15, -0.1) is 0 Å². The molecule has 0 aliphatic carbocycles. The Morgan fingerprint density at radius 2 is 0.515 bits per heavy atom. The van der Waals surface area contributed by atoms with Crippen LogP contribution in [0.5, 0.6) is 0 Å². The van der Waals surface area contributed by atoms with Crippen LogP contribution in [0.15, 0.2) is 0 Å². The summed E-state index contributed by atoms with van der Waals surface area (Å²) in [6.07, 6.45) is 0. The first kappa shape index (κ1) is 46.3. The molecule has 208 valence electrons. The van der Waals surface area contributed by atoms with E-state index in [1.165, 1.54) is 0 Å². The Bertz CT molecular complexity index is 305. The minimum Gasteiger partial charge on any atom is -1.00 e. The third-order valence-electron chi connectivity index (χ3n) is 3.08. The molecule has 0 aliphatic heterocycles. The molecule has 33 heavy (non-hydrogen) atoms. The second-order valence-corrected chi connectivity index (χ2v) is 11.2. The first-order chi connectivity index (χ1) is 14.0. The van der Waals surface area contributed by atoms with Gasteiger partial charge in [0.2, 0.25) is 0 Å². The Labute approximate surface area is 210 Å². The molecule has 0 aromatic heterocycles. The minimum atomic E-state index is -2.92. The number of aliphatic hydroxyl groups is 4. The van der Waals surface area contributed by atoms with Gasteiger partial charge in [0.1, 0.15) is 26.2 Å². The van der Waals surface area contributed by atoms with Crippen LogP contribution < -0.4 is 27.5 Å². The van der Waals surface area contributed by atoms with Crippen molar-refractivity contribution in [2.75, 3.05) is 137 Å². The largest absolute Gasteiger partial charge is 1.00 e. The number of quaternary nitrogens is 4. The standard InChI is InChI=1S/4C5H14NO.BO3.ClH/c4*1-6(2,3)4-5-7;2-1(3)4;/h4*7H,4-5H2,1-3H3;;1H/q4*+1;-3;/p-1. The molecule has 0 aromatic rings. The summed E-state index contributed by atoms with van der Waals surface area (Å²) in [5.41, 5.74) is 0. The molecule has 0 aromatic carbocycles. The van der Waals surface area contributed by atoms with Crippen LogP contribution in [0.1, 0.15) is 0 Å². The lowest BCUT2D eigenvalue weighted by molar-refractivity contribution is -0.870. The first-order valence-electron chi connectivity index (χ1n) is 10.6. The molecule has 0 rings (SSSR count). The van der Waals surface area contributed by atoms with Crippen LogP contribution in [0.4, 0.5) is 0 Å². The molecule has 0 spiro atoms. The minimum absolute atomic E-state index is 0. The zero-order chi connectivity index (χ0) is 27.2. The van der Waals surface area contributed by atoms with E-state index in [1.54, 1.807) is 0 Å². The number of aliphatic hydroxyl groups excluding tert-OH is 4. The molecule has 0 fully saturated rings. The van der Waals surface area contributed by atoms with Crippen molar-refractivity contribution < 1.29 is 65.8 Å². The van der Waals surface area contributed by atoms with Crippen molar-refractivity contribution in [3.63, 3.8) is 0 Å². The van der Waals surface area contributed by atoms with Gasteiger partial charge in [-0.1, -0.05) is 0 Å². The Balaban J connectivity index is -0.0000000693. The van der Waals surface area contributed by atoms with Gasteiger partial charge in [-0.05, 0) is 0 Å². The number of hydrogen-bond donors (Lipinski definition) is 4. The van der Waals surface area contributed by atoms with Crippen molar-refractivity contribution in [3.05, 3.63) is 0 Å². The van der Waals surface area contributed by atoms with Crippen molar-refractivity contribution in [2.45, 2.75) is 0 Å². The molecule has 11 nitrogen and oxygen atoms in total. The molecule has 13 heteroatoms. The smallest absolute Gasteiger partial charge is 0.101 e. The van der Waals surface area contributed by atoms with Crippen molar-refractivity contribution in [1.29, 1.82) is 0 Å². The van der Waals surface area contributed by atoms with Gasteiger partial charge >= 0.3 is 0 Å². The van der Waals surface area contributed by atoms with Gasteiger partial charge < -0.3 is 65.8 Å². The Morgan fingerprint density at radius 1 is 0.424 bits per heavy atom. The monoisotopic (exact) mass is 510 g/mol. The van der Waals surface area contributed by atoms with Crippen LogP contribution in [-0.4, -0.2) is 183 Å². The maximum atomic E-state index is 8.42. The molecular weight excluding hydrogens is 455 g/mol. The zero-order valence-electron chi connectivity index (χ0n) is 23.4. The van der Waals surface area contributed by atoms with E-state index >= 15 is 0 Å². The van der Waals surface area contributed by atoms with Gasteiger partial charge in [-0.2, -0.15) is 0 Å². The van der Waals surface area contributed by atoms with Gasteiger partial charge in [0.15, 0.2) is 0 Å². The molecule has 0 heterocycles. The van der Waals surface area contributed by atoms with Gasteiger partial charge in [-0.3, -0.25) is 7.32 Å². The lowest BCUT2D eigenvalue weighted by Gasteiger charge is -2.35. The molecule has 0 aliphatic rings. The quantitative estimate of drug-likeness (QED) is 0.187. The Kier molecular flexibility index (Phi) is 35.1. The summed E-state index contributed by atoms with van der Waals surface area (Å²) >= 11 is 0. The highest BCUT2D eigenvalue weighted by molar-refractivity contribution is 6.24. The van der Waals surface area contributed by atoms with E-state index in [-0.39, 0.29) is 38.8 Å². The molecule has 0 unspecified atom stereocenters. The summed E-state index contributed by atoms with van der Waals surface area (Å²) in [6, 6.07) is 0. The van der Waals surface area contributed by atoms with E-state index in [9.17, 15) is 0 Å². The average Bonchev–Trinajstić information content (AvgIpc) is 2.43. The third-order valence-corrected chi connectivity index (χ3v) is 3.08. The average molecular weight is 511 g/mol. The van der Waals surface area contributed by atoms with Gasteiger partial charge in [-0.25, -0.2) is 0 Å². The van der Waals surface area contributed by atoms with E-state index in [1.807, 2.05) is 0 Å². The fraction of sp³-hybridized carbons (Fsp3) is 1.00. The highest BCUT2D eigenvalue weighted by atomic mass is 35.5. The number of rotatable bonds is 8. The van der Waals surface area contributed by atoms with Gasteiger partial charge in [0.05, 0.1) is 111 Å². The van der Waals surface area contributed by atoms with E-state index in [0.29, 0.717) is 0 Å². The molecule has 4 N–H and O–H groups in total. The lowest BCUT2D eigenvalue weighted by atomic mass is 10.3. The zero-order valence-corrected chi connectivity index (χ0v) is 24.2. The summed E-state index contributed by atoms with van der Waals surface area (Å²) < 4.78 is 3.38. The van der Waals surface area contributed by atoms with Crippen LogP contribution in [-0.2, 0) is 0 Å². The molecule has 0 saturated carbocycles. The molecule has 0 bridgehead atoms. The van der Waals surface area contributed by atoms with Crippen LogP contribution >= 0.6 is 0 Å². The fourth-order valence-corrected chi connectivity index (χ4v) is 1.20. The number of hydrogen-bond acceptors (Lipinski definition) is 7. The van der Waals surface area contributed by atoms with E-state index in [2.05, 4.69) is 84.6 Å². The first-order valence-corrected chi connectivity index (χ1v) is 10.6. The second kappa shape index (κ2) is 25.0. The summed E-state index contributed by atoms with van der Waals surface area (Å²) in [5, 5.41) is 58.8. The van der Waals surface area contributed by atoms with E-state index in [4.69, 9.17) is 35.5 Å². The number of halogens is 1. The summed E-state index contributed by atoms with van der Waals surface area (Å²) in [7, 11) is 21.7. The highest BCUT2D eigenvalue weighted by Gasteiger charge is 2.04. The normalized spacial score (nSPS) is 11.0. The SMILES string of the molecule is C[N+](C)(C)CCO.C[N+](C)(C)CCO.C[N+](C)(C)CCO.C[N+](C)(C)CCO.[Cl-].[O-]B([O-])[O-]. The Morgan fingerprint density at radius 3 is 0.515 bits per heavy atom. The number of nitrogens with zero attached hydrogens (tertiary/aromatic N) is 4. The van der Waals surface area contributed by atoms with Crippen molar-refractivity contribution in [1.82, 2.24) is 0 Å². The molecule has 0 saturated heterocycles. The van der Waals surface area contributed by atoms with Crippen molar-refractivity contribution >= 4 is 7.32 Å². The van der Waals surface area contributed by atoms with Crippen LogP contribution in [0.2, 0.25) is 0 Å². The molecular formula is C20H56BClN4O7. The Hall–Kier alpha value is -0.0851. The fourth-order valence-electron chi connectivity index (χ4n) is 1.20. The predicted octanol–water partition coefficient (Wildman–Crippen LogP) is -8.20. The summed E-state index contributed by atoms with van der Waals surface area (Å²) in [4.78, 5) is 0. The van der Waals surface area contributed by atoms with Crippen LogP contribution in [0.3, 0.4) is 0 Å². The summed E-state index contributed by atoms with van der Waals surface area (Å²) in [5.74, 6) is 0. The molecule has 0 radical (unpaired) electrons. The van der Waals surface area contributed by atoms with Crippen LogP contribution in [0, 0.1) is 0 Å². The topological polar surface area (TPSA) is 150 Å². The molecule has 0 amide bonds. The number of likely N-dealkylation sites (N-methyl/N-ethyl adjacent to an activating group) is 4. The molecule has 0 atom stereocenters. The highest BCUT2D eigenvalue weighted by Crippen LogP contribution is 1.86. The van der Waals surface area contributed by atoms with Gasteiger partial charge in [0, 0.05) is 0 Å². The third kappa shape index (κ3) is 113. The maximum absolute atomic E-state index is 8.42. The van der Waals surface area contributed by atoms with Crippen molar-refractivity contribution in [3.8, 4) is 0 Å². The van der Waals surface area contributed by atoms with E-state index in [0.717, 1.165) is 44.1 Å².